The fraction of sp³-hybridized carbons (Fsp3) is 0.308. The van der Waals surface area contributed by atoms with E-state index in [1.807, 2.05) is 54.2 Å². The molecule has 0 aliphatic rings. The number of amides is 1. The lowest BCUT2D eigenvalue weighted by Crippen LogP contribution is -2.17. The van der Waals surface area contributed by atoms with Crippen molar-refractivity contribution in [1.29, 1.82) is 0 Å². The number of nitrogens with one attached hydrogen (secondary N) is 3. The number of rotatable bonds is 12. The third-order valence-corrected chi connectivity index (χ3v) is 5.86. The summed E-state index contributed by atoms with van der Waals surface area (Å²) in [4.78, 5) is 19.8. The SMILES string of the molecule is Cc1c2ccc(Nc3ccnc(Nc4ccc(OCCCCCCC(=O)NO)cc4)n3)cc2nn1C. The Hall–Kier alpha value is -4.18. The number of hydrogen-bond acceptors (Lipinski definition) is 8. The first kappa shape index (κ1) is 24.9. The van der Waals surface area contributed by atoms with Crippen LogP contribution in [0, 0.1) is 6.92 Å². The van der Waals surface area contributed by atoms with E-state index in [2.05, 4.69) is 38.7 Å². The van der Waals surface area contributed by atoms with Crippen LogP contribution in [0.4, 0.5) is 23.1 Å². The van der Waals surface area contributed by atoms with Crippen LogP contribution in [0.3, 0.4) is 0 Å². The maximum atomic E-state index is 11.0. The highest BCUT2D eigenvalue weighted by molar-refractivity contribution is 5.85. The molecule has 0 atom stereocenters. The van der Waals surface area contributed by atoms with Gasteiger partial charge in [-0.15, -0.1) is 0 Å². The minimum atomic E-state index is -0.342. The zero-order valence-corrected chi connectivity index (χ0v) is 20.5. The van der Waals surface area contributed by atoms with Gasteiger partial charge in [-0.1, -0.05) is 12.8 Å². The van der Waals surface area contributed by atoms with Gasteiger partial charge in [0.15, 0.2) is 0 Å². The molecule has 4 aromatic rings. The number of ether oxygens (including phenoxy) is 1. The van der Waals surface area contributed by atoms with Gasteiger partial charge in [0.1, 0.15) is 11.6 Å². The molecule has 0 spiro atoms. The number of nitrogens with zero attached hydrogens (tertiary/aromatic N) is 4. The van der Waals surface area contributed by atoms with Crippen molar-refractivity contribution in [2.75, 3.05) is 17.2 Å². The Morgan fingerprint density at radius 3 is 2.58 bits per heavy atom. The van der Waals surface area contributed by atoms with Crippen molar-refractivity contribution >= 4 is 40.0 Å². The number of fused-ring (bicyclic) bond motifs is 1. The standard InChI is InChI=1S/C26H31N7O3/c1-18-22-13-10-20(17-23(22)31-33(18)2)28-24-14-15-27-26(30-24)29-19-8-11-21(12-9-19)36-16-6-4-3-5-7-25(34)32-35/h8-15,17,35H,3-7,16H2,1-2H3,(H,32,34)(H2,27,28,29,30). The van der Waals surface area contributed by atoms with Gasteiger partial charge in [-0.2, -0.15) is 10.1 Å². The molecular formula is C26H31N7O3. The van der Waals surface area contributed by atoms with Crippen molar-refractivity contribution in [3.8, 4) is 5.75 Å². The van der Waals surface area contributed by atoms with Gasteiger partial charge in [-0.05, 0) is 68.3 Å². The summed E-state index contributed by atoms with van der Waals surface area (Å²) in [7, 11) is 1.94. The molecule has 10 nitrogen and oxygen atoms in total. The van der Waals surface area contributed by atoms with Gasteiger partial charge in [0.2, 0.25) is 11.9 Å². The Balaban J connectivity index is 1.25. The predicted molar refractivity (Wildman–Crippen MR) is 139 cm³/mol. The fourth-order valence-electron chi connectivity index (χ4n) is 3.80. The van der Waals surface area contributed by atoms with Crippen LogP contribution in [0.5, 0.6) is 5.75 Å². The molecule has 0 fully saturated rings. The highest BCUT2D eigenvalue weighted by Crippen LogP contribution is 2.24. The van der Waals surface area contributed by atoms with Crippen LogP contribution >= 0.6 is 0 Å². The van der Waals surface area contributed by atoms with Crippen LogP contribution < -0.4 is 20.9 Å². The van der Waals surface area contributed by atoms with E-state index in [9.17, 15) is 4.79 Å². The molecular weight excluding hydrogens is 458 g/mol. The first-order valence-corrected chi connectivity index (χ1v) is 12.0. The van der Waals surface area contributed by atoms with Gasteiger partial charge in [-0.3, -0.25) is 14.7 Å². The second-order valence-corrected chi connectivity index (χ2v) is 8.53. The first-order valence-electron chi connectivity index (χ1n) is 12.0. The molecule has 2 aromatic carbocycles. The number of aryl methyl sites for hydroxylation is 2. The molecule has 0 radical (unpaired) electrons. The van der Waals surface area contributed by atoms with Crippen LogP contribution in [0.15, 0.2) is 54.7 Å². The van der Waals surface area contributed by atoms with Crippen molar-refractivity contribution in [3.05, 3.63) is 60.4 Å². The fourth-order valence-corrected chi connectivity index (χ4v) is 3.80. The summed E-state index contributed by atoms with van der Waals surface area (Å²) in [5, 5.41) is 20.7. The van der Waals surface area contributed by atoms with Crippen molar-refractivity contribution in [3.63, 3.8) is 0 Å². The minimum absolute atomic E-state index is 0.342. The smallest absolute Gasteiger partial charge is 0.243 e. The molecule has 0 unspecified atom stereocenters. The van der Waals surface area contributed by atoms with Gasteiger partial charge in [-0.25, -0.2) is 10.5 Å². The maximum Gasteiger partial charge on any atom is 0.243 e. The average Bonchev–Trinajstić information content (AvgIpc) is 3.17. The van der Waals surface area contributed by atoms with Crippen molar-refractivity contribution in [1.82, 2.24) is 25.2 Å². The number of hydroxylamine groups is 1. The second kappa shape index (κ2) is 12.0. The topological polar surface area (TPSA) is 126 Å². The van der Waals surface area contributed by atoms with E-state index in [4.69, 9.17) is 9.94 Å². The molecule has 188 valence electrons. The van der Waals surface area contributed by atoms with Crippen LogP contribution in [-0.4, -0.2) is 37.5 Å². The molecule has 1 amide bonds. The molecule has 0 bridgehead atoms. The summed E-state index contributed by atoms with van der Waals surface area (Å²) < 4.78 is 7.67. The Labute approximate surface area is 209 Å². The number of hydrogen-bond donors (Lipinski definition) is 4. The number of aromatic nitrogens is 4. The van der Waals surface area contributed by atoms with Crippen molar-refractivity contribution < 1.29 is 14.7 Å². The average molecular weight is 490 g/mol. The van der Waals surface area contributed by atoms with E-state index >= 15 is 0 Å². The van der Waals surface area contributed by atoms with Crippen LogP contribution in [0.2, 0.25) is 0 Å². The van der Waals surface area contributed by atoms with E-state index in [0.717, 1.165) is 59.4 Å². The third-order valence-electron chi connectivity index (χ3n) is 5.86. The summed E-state index contributed by atoms with van der Waals surface area (Å²) >= 11 is 0. The molecule has 0 aliphatic heterocycles. The molecule has 36 heavy (non-hydrogen) atoms. The summed E-state index contributed by atoms with van der Waals surface area (Å²) in [6.07, 6.45) is 5.59. The maximum absolute atomic E-state index is 11.0. The van der Waals surface area contributed by atoms with E-state index in [-0.39, 0.29) is 5.91 Å². The molecule has 4 rings (SSSR count). The Kier molecular flexibility index (Phi) is 8.30. The first-order chi connectivity index (χ1) is 17.5. The molecule has 10 heteroatoms. The van der Waals surface area contributed by atoms with Crippen LogP contribution in [0.25, 0.3) is 10.9 Å². The van der Waals surface area contributed by atoms with E-state index in [1.54, 1.807) is 11.7 Å². The van der Waals surface area contributed by atoms with E-state index < -0.39 is 0 Å². The zero-order chi connectivity index (χ0) is 25.3. The van der Waals surface area contributed by atoms with Crippen molar-refractivity contribution in [2.24, 2.45) is 7.05 Å². The summed E-state index contributed by atoms with van der Waals surface area (Å²) in [6.45, 7) is 2.66. The van der Waals surface area contributed by atoms with E-state index in [0.29, 0.717) is 24.8 Å². The lowest BCUT2D eigenvalue weighted by atomic mass is 10.1. The summed E-state index contributed by atoms with van der Waals surface area (Å²) in [5.41, 5.74) is 5.46. The highest BCUT2D eigenvalue weighted by Gasteiger charge is 2.07. The Morgan fingerprint density at radius 1 is 1.00 bits per heavy atom. The minimum Gasteiger partial charge on any atom is -0.494 e. The number of anilines is 4. The quantitative estimate of drug-likeness (QED) is 0.125. The normalized spacial score (nSPS) is 10.9. The van der Waals surface area contributed by atoms with Gasteiger partial charge < -0.3 is 15.4 Å². The molecule has 0 aliphatic carbocycles. The Morgan fingerprint density at radius 2 is 1.78 bits per heavy atom. The summed E-state index contributed by atoms with van der Waals surface area (Å²) in [5.74, 6) is 1.61. The number of carbonyl (C=O) groups is 1. The highest BCUT2D eigenvalue weighted by atomic mass is 16.5. The van der Waals surface area contributed by atoms with Gasteiger partial charge >= 0.3 is 0 Å². The monoisotopic (exact) mass is 489 g/mol. The predicted octanol–water partition coefficient (Wildman–Crippen LogP) is 4.99. The van der Waals surface area contributed by atoms with Crippen LogP contribution in [0.1, 0.15) is 37.8 Å². The second-order valence-electron chi connectivity index (χ2n) is 8.53. The van der Waals surface area contributed by atoms with E-state index in [1.165, 1.54) is 0 Å². The number of carbonyl (C=O) groups excluding carboxylic acids is 1. The van der Waals surface area contributed by atoms with Gasteiger partial charge in [0.25, 0.3) is 0 Å². The molecule has 0 saturated carbocycles. The zero-order valence-electron chi connectivity index (χ0n) is 20.5. The molecule has 0 saturated heterocycles. The number of benzene rings is 2. The van der Waals surface area contributed by atoms with Crippen LogP contribution in [-0.2, 0) is 11.8 Å². The lowest BCUT2D eigenvalue weighted by Gasteiger charge is -2.10. The van der Waals surface area contributed by atoms with Gasteiger partial charge in [0.05, 0.1) is 12.1 Å². The largest absolute Gasteiger partial charge is 0.494 e. The molecule has 4 N–H and O–H groups in total. The lowest BCUT2D eigenvalue weighted by molar-refractivity contribution is -0.129. The molecule has 2 aromatic heterocycles. The number of unbranched alkanes of at least 4 members (excludes halogenated alkanes) is 3. The Bertz CT molecular complexity index is 1300. The van der Waals surface area contributed by atoms with Gasteiger partial charge in [0, 0.05) is 42.1 Å². The van der Waals surface area contributed by atoms with Crippen molar-refractivity contribution in [2.45, 2.75) is 39.0 Å². The third kappa shape index (κ3) is 6.70. The molecule has 2 heterocycles. The summed E-state index contributed by atoms with van der Waals surface area (Å²) in [6, 6.07) is 15.5.